The third kappa shape index (κ3) is 2.36. The lowest BCUT2D eigenvalue weighted by Crippen LogP contribution is -2.34. The highest BCUT2D eigenvalue weighted by Crippen LogP contribution is 2.34. The minimum absolute atomic E-state index is 0.0149. The van der Waals surface area contributed by atoms with Crippen molar-refractivity contribution in [3.63, 3.8) is 0 Å². The van der Waals surface area contributed by atoms with E-state index in [1.807, 2.05) is 6.92 Å². The van der Waals surface area contributed by atoms with Gasteiger partial charge < -0.3 is 9.94 Å². The lowest BCUT2D eigenvalue weighted by atomic mass is 9.93. The third-order valence-electron chi connectivity index (χ3n) is 4.47. The summed E-state index contributed by atoms with van der Waals surface area (Å²) in [4.78, 5) is 44.2. The average Bonchev–Trinajstić information content (AvgIpc) is 3.17. The molecule has 2 heterocycles. The van der Waals surface area contributed by atoms with Crippen LogP contribution < -0.4 is 4.90 Å². The quantitative estimate of drug-likeness (QED) is 0.673. The summed E-state index contributed by atoms with van der Waals surface area (Å²) in [5, 5.41) is 13.1. The van der Waals surface area contributed by atoms with Gasteiger partial charge in [0.25, 0.3) is 5.91 Å². The smallest absolute Gasteiger partial charge is 0.278 e. The summed E-state index contributed by atoms with van der Waals surface area (Å²) in [6, 6.07) is 12.5. The molecule has 2 aromatic carbocycles. The van der Waals surface area contributed by atoms with Crippen LogP contribution in [0.4, 0.5) is 5.69 Å². The molecular weight excluding hydrogens is 336 g/mol. The van der Waals surface area contributed by atoms with Gasteiger partial charge in [-0.15, -0.1) is 0 Å². The second-order valence-corrected chi connectivity index (χ2v) is 6.20. The number of Topliss-reactive ketones (excluding diaryl/α,β-unsaturated/α-hetero) is 1. The number of carbonyl (C=O) groups is 3. The van der Waals surface area contributed by atoms with Gasteiger partial charge in [-0.1, -0.05) is 35.0 Å². The number of nitrogens with zero attached hydrogens (tertiary/aromatic N) is 2. The van der Waals surface area contributed by atoms with Gasteiger partial charge in [0.05, 0.1) is 5.69 Å². The number of ketones is 1. The van der Waals surface area contributed by atoms with Crippen molar-refractivity contribution in [1.29, 1.82) is 0 Å². The monoisotopic (exact) mass is 350 g/mol. The minimum atomic E-state index is -1.14. The molecule has 0 unspecified atom stereocenters. The highest BCUT2D eigenvalue weighted by molar-refractivity contribution is 6.52. The lowest BCUT2D eigenvalue weighted by Gasteiger charge is -2.15. The van der Waals surface area contributed by atoms with Crippen LogP contribution in [0.15, 0.2) is 53.7 Å². The van der Waals surface area contributed by atoms with E-state index >= 15 is 0 Å². The molecule has 7 nitrogen and oxygen atoms in total. The molecule has 0 aliphatic carbocycles. The fourth-order valence-electron chi connectivity index (χ4n) is 3.08. The Morgan fingerprint density at radius 3 is 2.35 bits per heavy atom. The van der Waals surface area contributed by atoms with Gasteiger partial charge in [-0.25, -0.2) is 4.90 Å². The summed E-state index contributed by atoms with van der Waals surface area (Å²) in [5.41, 5.74) is 1.60. The van der Waals surface area contributed by atoms with E-state index in [0.29, 0.717) is 11.3 Å². The Labute approximate surface area is 148 Å². The van der Waals surface area contributed by atoms with Gasteiger partial charge >= 0.3 is 0 Å². The van der Waals surface area contributed by atoms with Crippen molar-refractivity contribution in [1.82, 2.24) is 0 Å². The Morgan fingerprint density at radius 2 is 1.69 bits per heavy atom. The number of aryl methyl sites for hydroxylation is 1. The predicted octanol–water partition coefficient (Wildman–Crippen LogP) is 1.83. The zero-order valence-corrected chi connectivity index (χ0v) is 13.7. The molecule has 0 saturated carbocycles. The molecule has 0 aromatic heterocycles. The molecule has 2 atom stereocenters. The number of aromatic hydroxyl groups is 1. The Morgan fingerprint density at radius 1 is 1.04 bits per heavy atom. The first-order valence-corrected chi connectivity index (χ1v) is 7.99. The van der Waals surface area contributed by atoms with Gasteiger partial charge in [-0.3, -0.25) is 14.4 Å². The standard InChI is InChI=1S/C19H14N2O5/c1-10-2-4-11(5-3-10)16(23)15-14-17(26-20-15)19(25)21(18(14)24)12-6-8-13(22)9-7-12/h2-9,14,17,22H,1H3/t14-,17+/m1/s1. The van der Waals surface area contributed by atoms with Gasteiger partial charge in [0.2, 0.25) is 17.8 Å². The van der Waals surface area contributed by atoms with Crippen molar-refractivity contribution in [3.05, 3.63) is 59.7 Å². The molecule has 1 saturated heterocycles. The van der Waals surface area contributed by atoms with Gasteiger partial charge in [0.1, 0.15) is 17.4 Å². The summed E-state index contributed by atoms with van der Waals surface area (Å²) in [6.45, 7) is 1.90. The van der Waals surface area contributed by atoms with Crippen LogP contribution in [-0.2, 0) is 14.4 Å². The Kier molecular flexibility index (Phi) is 3.57. The summed E-state index contributed by atoms with van der Waals surface area (Å²) in [6.07, 6.45) is -1.14. The molecule has 2 aliphatic heterocycles. The molecular formula is C19H14N2O5. The molecule has 2 amide bonds. The first-order valence-electron chi connectivity index (χ1n) is 7.99. The SMILES string of the molecule is Cc1ccc(C(=O)C2=NO[C@@H]3C(=O)N(c4ccc(O)cc4)C(=O)[C@H]23)cc1. The average molecular weight is 350 g/mol. The fourth-order valence-corrected chi connectivity index (χ4v) is 3.08. The normalized spacial score (nSPS) is 21.4. The number of fused-ring (bicyclic) bond motifs is 1. The van der Waals surface area contributed by atoms with E-state index < -0.39 is 29.6 Å². The largest absolute Gasteiger partial charge is 0.508 e. The molecule has 130 valence electrons. The Balaban J connectivity index is 1.65. The van der Waals surface area contributed by atoms with Crippen molar-refractivity contribution in [2.45, 2.75) is 13.0 Å². The van der Waals surface area contributed by atoms with E-state index in [1.54, 1.807) is 24.3 Å². The van der Waals surface area contributed by atoms with Gasteiger partial charge in [0.15, 0.2) is 0 Å². The van der Waals surface area contributed by atoms with Crippen LogP contribution in [0.3, 0.4) is 0 Å². The molecule has 0 spiro atoms. The van der Waals surface area contributed by atoms with Crippen LogP contribution >= 0.6 is 0 Å². The molecule has 1 fully saturated rings. The number of imide groups is 1. The number of benzene rings is 2. The molecule has 1 N–H and O–H groups in total. The van der Waals surface area contributed by atoms with Crippen LogP contribution in [0.5, 0.6) is 5.75 Å². The first-order chi connectivity index (χ1) is 12.5. The molecule has 2 aliphatic rings. The van der Waals surface area contributed by atoms with Crippen molar-refractivity contribution in [3.8, 4) is 5.75 Å². The van der Waals surface area contributed by atoms with E-state index in [1.165, 1.54) is 24.3 Å². The maximum Gasteiger partial charge on any atom is 0.278 e. The summed E-state index contributed by atoms with van der Waals surface area (Å²) in [7, 11) is 0. The molecule has 0 radical (unpaired) electrons. The predicted molar refractivity (Wildman–Crippen MR) is 91.9 cm³/mol. The molecule has 26 heavy (non-hydrogen) atoms. The number of phenols is 1. The summed E-state index contributed by atoms with van der Waals surface area (Å²) >= 11 is 0. The van der Waals surface area contributed by atoms with Crippen LogP contribution in [0.2, 0.25) is 0 Å². The van der Waals surface area contributed by atoms with Crippen molar-refractivity contribution >= 4 is 29.0 Å². The van der Waals surface area contributed by atoms with Gasteiger partial charge in [-0.05, 0) is 31.2 Å². The van der Waals surface area contributed by atoms with Gasteiger partial charge in [-0.2, -0.15) is 0 Å². The van der Waals surface area contributed by atoms with E-state index in [-0.39, 0.29) is 11.5 Å². The number of hydrogen-bond acceptors (Lipinski definition) is 6. The number of rotatable bonds is 3. The number of amides is 2. The third-order valence-corrected chi connectivity index (χ3v) is 4.47. The van der Waals surface area contributed by atoms with Crippen LogP contribution in [0, 0.1) is 12.8 Å². The Bertz CT molecular complexity index is 947. The molecule has 4 rings (SSSR count). The van der Waals surface area contributed by atoms with E-state index in [4.69, 9.17) is 4.84 Å². The molecule has 7 heteroatoms. The van der Waals surface area contributed by atoms with Crippen LogP contribution in [0.25, 0.3) is 0 Å². The van der Waals surface area contributed by atoms with Crippen LogP contribution in [0.1, 0.15) is 15.9 Å². The number of carbonyl (C=O) groups excluding carboxylic acids is 3. The summed E-state index contributed by atoms with van der Waals surface area (Å²) < 4.78 is 0. The first kappa shape index (κ1) is 16.0. The van der Waals surface area contributed by atoms with E-state index in [2.05, 4.69) is 5.16 Å². The van der Waals surface area contributed by atoms with Crippen LogP contribution in [-0.4, -0.2) is 34.5 Å². The highest BCUT2D eigenvalue weighted by atomic mass is 16.7. The number of oxime groups is 1. The zero-order valence-electron chi connectivity index (χ0n) is 13.7. The fraction of sp³-hybridized carbons (Fsp3) is 0.158. The maximum atomic E-state index is 12.8. The number of anilines is 1. The number of phenolic OH excluding ortho intramolecular Hbond substituents is 1. The molecule has 2 aromatic rings. The lowest BCUT2D eigenvalue weighted by molar-refractivity contribution is -0.126. The highest BCUT2D eigenvalue weighted by Gasteiger charge is 2.57. The minimum Gasteiger partial charge on any atom is -0.508 e. The van der Waals surface area contributed by atoms with E-state index in [9.17, 15) is 19.5 Å². The maximum absolute atomic E-state index is 12.8. The van der Waals surface area contributed by atoms with Crippen molar-refractivity contribution in [2.24, 2.45) is 11.1 Å². The summed E-state index contributed by atoms with van der Waals surface area (Å²) in [5.74, 6) is -2.64. The Hall–Kier alpha value is -3.48. The molecule has 0 bridgehead atoms. The zero-order chi connectivity index (χ0) is 18.4. The second-order valence-electron chi connectivity index (χ2n) is 6.20. The van der Waals surface area contributed by atoms with Crippen molar-refractivity contribution in [2.75, 3.05) is 4.90 Å². The van der Waals surface area contributed by atoms with Crippen molar-refractivity contribution < 1.29 is 24.3 Å². The van der Waals surface area contributed by atoms with Gasteiger partial charge in [0, 0.05) is 5.56 Å². The van der Waals surface area contributed by atoms with E-state index in [0.717, 1.165) is 10.5 Å². The second kappa shape index (κ2) is 5.80. The topological polar surface area (TPSA) is 96.3 Å². The number of hydrogen-bond donors (Lipinski definition) is 1.